The highest BCUT2D eigenvalue weighted by Crippen LogP contribution is 2.26. The number of carbonyl (C=O) groups excluding carboxylic acids is 1. The Morgan fingerprint density at radius 1 is 1.57 bits per heavy atom. The first-order valence-corrected chi connectivity index (χ1v) is 6.79. The number of nitrogens with one attached hydrogen (secondary N) is 2. The van der Waals surface area contributed by atoms with Crippen LogP contribution in [0.4, 0.5) is 11.4 Å². The summed E-state index contributed by atoms with van der Waals surface area (Å²) in [5, 5.41) is 25.6. The molecule has 110 valence electrons. The predicted octanol–water partition coefficient (Wildman–Crippen LogP) is 1.79. The maximum atomic E-state index is 12.0. The smallest absolute Gasteiger partial charge is 0.294 e. The van der Waals surface area contributed by atoms with E-state index < -0.39 is 4.92 Å². The van der Waals surface area contributed by atoms with Crippen LogP contribution in [0.5, 0.6) is 0 Å². The summed E-state index contributed by atoms with van der Waals surface area (Å²) in [5.74, 6) is 0.0210. The number of nitriles is 1. The SMILES string of the molecule is N#Cc1ccc(NC(=O)CC2CCCNC2)c([N+](=O)[O-])c1. The topological polar surface area (TPSA) is 108 Å². The Morgan fingerprint density at radius 2 is 2.38 bits per heavy atom. The predicted molar refractivity (Wildman–Crippen MR) is 76.7 cm³/mol. The first-order chi connectivity index (χ1) is 10.1. The number of nitro benzene ring substituents is 1. The van der Waals surface area contributed by atoms with Gasteiger partial charge in [0.05, 0.1) is 16.6 Å². The maximum absolute atomic E-state index is 12.0. The zero-order valence-electron chi connectivity index (χ0n) is 11.5. The number of rotatable bonds is 4. The van der Waals surface area contributed by atoms with Crippen molar-refractivity contribution in [3.63, 3.8) is 0 Å². The summed E-state index contributed by atoms with van der Waals surface area (Å²) in [5.41, 5.74) is 0.0631. The van der Waals surface area contributed by atoms with E-state index >= 15 is 0 Å². The van der Waals surface area contributed by atoms with Gasteiger partial charge in [-0.15, -0.1) is 0 Å². The van der Waals surface area contributed by atoms with Crippen molar-refractivity contribution in [2.75, 3.05) is 18.4 Å². The minimum absolute atomic E-state index is 0.132. The molecule has 1 atom stereocenters. The second-order valence-corrected chi connectivity index (χ2v) is 5.07. The Bertz CT molecular complexity index is 588. The molecule has 2 N–H and O–H groups in total. The fourth-order valence-electron chi connectivity index (χ4n) is 2.42. The van der Waals surface area contributed by atoms with E-state index in [1.807, 2.05) is 6.07 Å². The van der Waals surface area contributed by atoms with Gasteiger partial charge in [-0.2, -0.15) is 5.26 Å². The largest absolute Gasteiger partial charge is 0.320 e. The van der Waals surface area contributed by atoms with Crippen LogP contribution in [0.2, 0.25) is 0 Å². The molecule has 1 amide bonds. The number of amides is 1. The molecule has 0 spiro atoms. The third kappa shape index (κ3) is 4.00. The molecule has 7 heteroatoms. The quantitative estimate of drug-likeness (QED) is 0.648. The lowest BCUT2D eigenvalue weighted by Gasteiger charge is -2.22. The molecule has 0 saturated carbocycles. The van der Waals surface area contributed by atoms with E-state index in [1.165, 1.54) is 12.1 Å². The Hall–Kier alpha value is -2.46. The van der Waals surface area contributed by atoms with Gasteiger partial charge in [0.25, 0.3) is 5.69 Å². The molecule has 1 aromatic carbocycles. The number of benzene rings is 1. The monoisotopic (exact) mass is 288 g/mol. The molecule has 2 rings (SSSR count). The second-order valence-electron chi connectivity index (χ2n) is 5.07. The third-order valence-corrected chi connectivity index (χ3v) is 3.47. The van der Waals surface area contributed by atoms with Crippen molar-refractivity contribution in [3.8, 4) is 6.07 Å². The van der Waals surface area contributed by atoms with E-state index in [-0.39, 0.29) is 28.8 Å². The molecule has 21 heavy (non-hydrogen) atoms. The highest BCUT2D eigenvalue weighted by atomic mass is 16.6. The number of piperidine rings is 1. The summed E-state index contributed by atoms with van der Waals surface area (Å²) >= 11 is 0. The Kier molecular flexibility index (Phi) is 4.85. The van der Waals surface area contributed by atoms with Crippen LogP contribution >= 0.6 is 0 Å². The molecule has 1 aliphatic rings. The highest BCUT2D eigenvalue weighted by Gasteiger charge is 2.20. The van der Waals surface area contributed by atoms with Crippen molar-refractivity contribution in [1.82, 2.24) is 5.32 Å². The minimum Gasteiger partial charge on any atom is -0.320 e. The molecule has 7 nitrogen and oxygen atoms in total. The van der Waals surface area contributed by atoms with Gasteiger partial charge in [0.2, 0.25) is 5.91 Å². The molecular weight excluding hydrogens is 272 g/mol. The van der Waals surface area contributed by atoms with E-state index in [0.717, 1.165) is 32.0 Å². The molecule has 0 bridgehead atoms. The lowest BCUT2D eigenvalue weighted by Crippen LogP contribution is -2.32. The van der Waals surface area contributed by atoms with Gasteiger partial charge in [0.15, 0.2) is 0 Å². The average Bonchev–Trinajstić information content (AvgIpc) is 2.48. The van der Waals surface area contributed by atoms with Crippen molar-refractivity contribution in [3.05, 3.63) is 33.9 Å². The fraction of sp³-hybridized carbons (Fsp3) is 0.429. The molecule has 1 aromatic rings. The first kappa shape index (κ1) is 14.9. The Morgan fingerprint density at radius 3 is 3.00 bits per heavy atom. The summed E-state index contributed by atoms with van der Waals surface area (Å²) in [4.78, 5) is 22.4. The van der Waals surface area contributed by atoms with Crippen molar-refractivity contribution in [2.45, 2.75) is 19.3 Å². The molecule has 1 heterocycles. The van der Waals surface area contributed by atoms with Gasteiger partial charge in [-0.05, 0) is 44.0 Å². The number of nitro groups is 1. The lowest BCUT2D eigenvalue weighted by atomic mass is 9.96. The van der Waals surface area contributed by atoms with Crippen LogP contribution < -0.4 is 10.6 Å². The Labute approximate surface area is 122 Å². The fourth-order valence-corrected chi connectivity index (χ4v) is 2.42. The van der Waals surface area contributed by atoms with E-state index in [1.54, 1.807) is 0 Å². The number of hydrogen-bond donors (Lipinski definition) is 2. The van der Waals surface area contributed by atoms with Crippen molar-refractivity contribution >= 4 is 17.3 Å². The van der Waals surface area contributed by atoms with E-state index in [2.05, 4.69) is 10.6 Å². The van der Waals surface area contributed by atoms with Gasteiger partial charge in [0.1, 0.15) is 5.69 Å². The average molecular weight is 288 g/mol. The zero-order valence-corrected chi connectivity index (χ0v) is 11.5. The van der Waals surface area contributed by atoms with Gasteiger partial charge >= 0.3 is 0 Å². The molecule has 1 saturated heterocycles. The molecule has 1 unspecified atom stereocenters. The van der Waals surface area contributed by atoms with Crippen LogP contribution in [0.3, 0.4) is 0 Å². The van der Waals surface area contributed by atoms with Crippen LogP contribution in [-0.4, -0.2) is 23.9 Å². The summed E-state index contributed by atoms with van der Waals surface area (Å²) in [7, 11) is 0. The van der Waals surface area contributed by atoms with Crippen LogP contribution in [0.25, 0.3) is 0 Å². The first-order valence-electron chi connectivity index (χ1n) is 6.79. The van der Waals surface area contributed by atoms with Crippen molar-refractivity contribution < 1.29 is 9.72 Å². The number of nitrogens with zero attached hydrogens (tertiary/aromatic N) is 2. The molecule has 0 radical (unpaired) electrons. The van der Waals surface area contributed by atoms with Crippen molar-refractivity contribution in [2.24, 2.45) is 5.92 Å². The normalized spacial score (nSPS) is 17.8. The number of hydrogen-bond acceptors (Lipinski definition) is 5. The molecule has 1 fully saturated rings. The number of carbonyl (C=O) groups is 1. The summed E-state index contributed by atoms with van der Waals surface area (Å²) < 4.78 is 0. The molecule has 0 aromatic heterocycles. The van der Waals surface area contributed by atoms with E-state index in [0.29, 0.717) is 6.42 Å². The zero-order chi connectivity index (χ0) is 15.2. The third-order valence-electron chi connectivity index (χ3n) is 3.47. The van der Waals surface area contributed by atoms with Crippen LogP contribution in [0.1, 0.15) is 24.8 Å². The van der Waals surface area contributed by atoms with Crippen LogP contribution in [-0.2, 0) is 4.79 Å². The van der Waals surface area contributed by atoms with Gasteiger partial charge < -0.3 is 10.6 Å². The van der Waals surface area contributed by atoms with Crippen LogP contribution in [0, 0.1) is 27.4 Å². The van der Waals surface area contributed by atoms with E-state index in [9.17, 15) is 14.9 Å². The molecule has 1 aliphatic heterocycles. The van der Waals surface area contributed by atoms with Gasteiger partial charge in [-0.3, -0.25) is 14.9 Å². The van der Waals surface area contributed by atoms with Crippen LogP contribution in [0.15, 0.2) is 18.2 Å². The summed E-state index contributed by atoms with van der Waals surface area (Å²) in [6, 6.07) is 5.85. The number of anilines is 1. The van der Waals surface area contributed by atoms with Crippen molar-refractivity contribution in [1.29, 1.82) is 5.26 Å². The van der Waals surface area contributed by atoms with Gasteiger partial charge in [-0.25, -0.2) is 0 Å². The Balaban J connectivity index is 2.06. The lowest BCUT2D eigenvalue weighted by molar-refractivity contribution is -0.383. The second kappa shape index (κ2) is 6.81. The van der Waals surface area contributed by atoms with E-state index in [4.69, 9.17) is 5.26 Å². The van der Waals surface area contributed by atoms with Gasteiger partial charge in [-0.1, -0.05) is 0 Å². The standard InChI is InChI=1S/C14H16N4O3/c15-8-10-3-4-12(13(6-10)18(20)21)17-14(19)7-11-2-1-5-16-9-11/h3-4,6,11,16H,1-2,5,7,9H2,(H,17,19). The highest BCUT2D eigenvalue weighted by molar-refractivity contribution is 5.93. The molecule has 0 aliphatic carbocycles. The minimum atomic E-state index is -0.599. The summed E-state index contributed by atoms with van der Waals surface area (Å²) in [6.45, 7) is 1.77. The molecular formula is C14H16N4O3. The van der Waals surface area contributed by atoms with Gasteiger partial charge in [0, 0.05) is 12.5 Å². The summed E-state index contributed by atoms with van der Waals surface area (Å²) in [6.07, 6.45) is 2.36. The maximum Gasteiger partial charge on any atom is 0.294 e.